The molecule has 1 fully saturated rings. The van der Waals surface area contributed by atoms with Gasteiger partial charge in [-0.2, -0.15) is 0 Å². The Morgan fingerprint density at radius 1 is 1.17 bits per heavy atom. The Labute approximate surface area is 141 Å². The van der Waals surface area contributed by atoms with Gasteiger partial charge in [-0.3, -0.25) is 4.90 Å². The fourth-order valence-electron chi connectivity index (χ4n) is 2.90. The summed E-state index contributed by atoms with van der Waals surface area (Å²) in [5.74, 6) is 0.721. The summed E-state index contributed by atoms with van der Waals surface area (Å²) in [5.41, 5.74) is 2.27. The molecule has 0 bridgehead atoms. The van der Waals surface area contributed by atoms with Crippen LogP contribution in [0.3, 0.4) is 0 Å². The van der Waals surface area contributed by atoms with Crippen LogP contribution >= 0.6 is 0 Å². The van der Waals surface area contributed by atoms with Gasteiger partial charge in [0.2, 0.25) is 0 Å². The van der Waals surface area contributed by atoms with Crippen molar-refractivity contribution in [2.75, 3.05) is 13.1 Å². The number of nitrogens with one attached hydrogen (secondary N) is 2. The average molecular weight is 329 g/mol. The van der Waals surface area contributed by atoms with E-state index in [1.54, 1.807) is 12.3 Å². The number of furan rings is 1. The summed E-state index contributed by atoms with van der Waals surface area (Å²) in [5, 5.41) is 15.3. The van der Waals surface area contributed by atoms with Crippen LogP contribution < -0.4 is 10.6 Å². The molecule has 3 rings (SSSR count). The number of β-amino-alcohol motifs (C(OH)–C–C–N with tert-alkyl or cyclic N) is 1. The maximum atomic E-state index is 11.9. The molecule has 1 aliphatic rings. The predicted molar refractivity (Wildman–Crippen MR) is 90.1 cm³/mol. The van der Waals surface area contributed by atoms with Crippen LogP contribution in [0.4, 0.5) is 4.79 Å². The molecule has 6 nitrogen and oxygen atoms in total. The molecule has 1 aromatic heterocycles. The smallest absolute Gasteiger partial charge is 0.315 e. The standard InChI is InChI=1S/C18H23N3O3/c22-16-7-8-21(13-16)12-15-5-2-1-4-14(15)10-19-18(23)20-11-17-6-3-9-24-17/h1-6,9,16,22H,7-8,10-13H2,(H2,19,20,23)/t16-/m0/s1. The first kappa shape index (κ1) is 16.5. The Kier molecular flexibility index (Phi) is 5.51. The molecule has 2 amide bonds. The van der Waals surface area contributed by atoms with Crippen molar-refractivity contribution < 1.29 is 14.3 Å². The van der Waals surface area contributed by atoms with E-state index >= 15 is 0 Å². The zero-order chi connectivity index (χ0) is 16.8. The fraction of sp³-hybridized carbons (Fsp3) is 0.389. The molecule has 1 aromatic carbocycles. The number of amides is 2. The molecule has 128 valence electrons. The van der Waals surface area contributed by atoms with Crippen LogP contribution in [0.15, 0.2) is 47.1 Å². The van der Waals surface area contributed by atoms with Crippen LogP contribution in [-0.2, 0) is 19.6 Å². The van der Waals surface area contributed by atoms with E-state index in [1.807, 2.05) is 24.3 Å². The van der Waals surface area contributed by atoms with Crippen molar-refractivity contribution >= 4 is 6.03 Å². The highest BCUT2D eigenvalue weighted by molar-refractivity contribution is 5.73. The molecule has 0 unspecified atom stereocenters. The summed E-state index contributed by atoms with van der Waals surface area (Å²) in [6.45, 7) is 3.25. The van der Waals surface area contributed by atoms with Crippen molar-refractivity contribution in [3.05, 3.63) is 59.5 Å². The van der Waals surface area contributed by atoms with Crippen molar-refractivity contribution in [1.82, 2.24) is 15.5 Å². The quantitative estimate of drug-likeness (QED) is 0.756. The van der Waals surface area contributed by atoms with Gasteiger partial charge in [0, 0.05) is 26.2 Å². The molecule has 24 heavy (non-hydrogen) atoms. The number of carbonyl (C=O) groups is 1. The molecule has 1 saturated heterocycles. The molecule has 0 aliphatic carbocycles. The minimum Gasteiger partial charge on any atom is -0.467 e. The number of likely N-dealkylation sites (tertiary alicyclic amines) is 1. The highest BCUT2D eigenvalue weighted by Gasteiger charge is 2.20. The van der Waals surface area contributed by atoms with Gasteiger partial charge in [-0.25, -0.2) is 4.79 Å². The van der Waals surface area contributed by atoms with E-state index < -0.39 is 0 Å². The SMILES string of the molecule is O=C(NCc1ccco1)NCc1ccccc1CN1CC[C@H](O)C1. The van der Waals surface area contributed by atoms with E-state index in [9.17, 15) is 9.90 Å². The highest BCUT2D eigenvalue weighted by atomic mass is 16.3. The number of aliphatic hydroxyl groups is 1. The Morgan fingerprint density at radius 2 is 1.96 bits per heavy atom. The van der Waals surface area contributed by atoms with Crippen LogP contribution in [0.25, 0.3) is 0 Å². The zero-order valence-corrected chi connectivity index (χ0v) is 13.6. The van der Waals surface area contributed by atoms with Crippen LogP contribution in [0.2, 0.25) is 0 Å². The number of aliphatic hydroxyl groups excluding tert-OH is 1. The van der Waals surface area contributed by atoms with Gasteiger partial charge >= 0.3 is 6.03 Å². The Balaban J connectivity index is 1.50. The molecule has 2 heterocycles. The minimum absolute atomic E-state index is 0.220. The molecule has 0 saturated carbocycles. The molecule has 1 aliphatic heterocycles. The summed E-state index contributed by atoms with van der Waals surface area (Å²) in [6, 6.07) is 11.5. The predicted octanol–water partition coefficient (Wildman–Crippen LogP) is 1.85. The van der Waals surface area contributed by atoms with Crippen molar-refractivity contribution in [3.8, 4) is 0 Å². The van der Waals surface area contributed by atoms with Gasteiger partial charge in [-0.05, 0) is 29.7 Å². The van der Waals surface area contributed by atoms with E-state index in [0.29, 0.717) is 19.6 Å². The van der Waals surface area contributed by atoms with E-state index in [-0.39, 0.29) is 12.1 Å². The first-order valence-electron chi connectivity index (χ1n) is 8.22. The Bertz CT molecular complexity index is 657. The second-order valence-electron chi connectivity index (χ2n) is 6.06. The van der Waals surface area contributed by atoms with Gasteiger partial charge in [0.05, 0.1) is 18.9 Å². The van der Waals surface area contributed by atoms with Gasteiger partial charge < -0.3 is 20.2 Å². The first-order valence-corrected chi connectivity index (χ1v) is 8.22. The average Bonchev–Trinajstić information content (AvgIpc) is 3.24. The summed E-state index contributed by atoms with van der Waals surface area (Å²) in [6.07, 6.45) is 2.19. The molecular weight excluding hydrogens is 306 g/mol. The van der Waals surface area contributed by atoms with Crippen molar-refractivity contribution in [3.63, 3.8) is 0 Å². The van der Waals surface area contributed by atoms with Gasteiger partial charge in [-0.1, -0.05) is 24.3 Å². The lowest BCUT2D eigenvalue weighted by molar-refractivity contribution is 0.174. The van der Waals surface area contributed by atoms with Crippen molar-refractivity contribution in [2.24, 2.45) is 0 Å². The van der Waals surface area contributed by atoms with E-state index in [1.165, 1.54) is 5.56 Å². The zero-order valence-electron chi connectivity index (χ0n) is 13.6. The molecule has 2 aromatic rings. The normalized spacial score (nSPS) is 17.8. The maximum absolute atomic E-state index is 11.9. The number of hydrogen-bond acceptors (Lipinski definition) is 4. The molecule has 0 radical (unpaired) electrons. The molecule has 0 spiro atoms. The van der Waals surface area contributed by atoms with Gasteiger partial charge in [-0.15, -0.1) is 0 Å². The molecule has 3 N–H and O–H groups in total. The van der Waals surface area contributed by atoms with E-state index in [4.69, 9.17) is 4.42 Å². The van der Waals surface area contributed by atoms with Crippen LogP contribution in [0.1, 0.15) is 23.3 Å². The third-order valence-electron chi connectivity index (χ3n) is 4.20. The van der Waals surface area contributed by atoms with Crippen molar-refractivity contribution in [2.45, 2.75) is 32.2 Å². The monoisotopic (exact) mass is 329 g/mol. The van der Waals surface area contributed by atoms with Crippen molar-refractivity contribution in [1.29, 1.82) is 0 Å². The highest BCUT2D eigenvalue weighted by Crippen LogP contribution is 2.16. The second-order valence-corrected chi connectivity index (χ2v) is 6.06. The van der Waals surface area contributed by atoms with Gasteiger partial charge in [0.15, 0.2) is 0 Å². The molecular formula is C18H23N3O3. The van der Waals surface area contributed by atoms with Crippen LogP contribution in [0, 0.1) is 0 Å². The summed E-state index contributed by atoms with van der Waals surface area (Å²) in [4.78, 5) is 14.1. The number of carbonyl (C=O) groups excluding carboxylic acids is 1. The van der Waals surface area contributed by atoms with Crippen LogP contribution in [-0.4, -0.2) is 35.2 Å². The maximum Gasteiger partial charge on any atom is 0.315 e. The van der Waals surface area contributed by atoms with E-state index in [0.717, 1.165) is 30.8 Å². The third-order valence-corrected chi connectivity index (χ3v) is 4.20. The second kappa shape index (κ2) is 7.99. The fourth-order valence-corrected chi connectivity index (χ4v) is 2.90. The first-order chi connectivity index (χ1) is 11.7. The Morgan fingerprint density at radius 3 is 2.67 bits per heavy atom. The van der Waals surface area contributed by atoms with E-state index in [2.05, 4.69) is 21.6 Å². The summed E-state index contributed by atoms with van der Waals surface area (Å²) < 4.78 is 5.18. The van der Waals surface area contributed by atoms with Gasteiger partial charge in [0.25, 0.3) is 0 Å². The molecule has 6 heteroatoms. The van der Waals surface area contributed by atoms with Crippen LogP contribution in [0.5, 0.6) is 0 Å². The summed E-state index contributed by atoms with van der Waals surface area (Å²) in [7, 11) is 0. The third kappa shape index (κ3) is 4.59. The lowest BCUT2D eigenvalue weighted by Crippen LogP contribution is -2.34. The largest absolute Gasteiger partial charge is 0.467 e. The lowest BCUT2D eigenvalue weighted by Gasteiger charge is -2.18. The molecule has 1 atom stereocenters. The number of hydrogen-bond donors (Lipinski definition) is 3. The Hall–Kier alpha value is -2.31. The topological polar surface area (TPSA) is 77.7 Å². The summed E-state index contributed by atoms with van der Waals surface area (Å²) >= 11 is 0. The minimum atomic E-state index is -0.224. The number of rotatable bonds is 6. The number of urea groups is 1. The van der Waals surface area contributed by atoms with Gasteiger partial charge in [0.1, 0.15) is 5.76 Å². The number of benzene rings is 1. The number of nitrogens with zero attached hydrogens (tertiary/aromatic N) is 1. The lowest BCUT2D eigenvalue weighted by atomic mass is 10.1.